The van der Waals surface area contributed by atoms with Crippen LogP contribution < -0.4 is 0 Å². The van der Waals surface area contributed by atoms with Crippen LogP contribution in [0.15, 0.2) is 29.7 Å². The standard InChI is InChI=1S/C18H23N5OS/c1-13-4-3-9-22(11-13)16(24)12-25-18-21-20-17(23(18)15-6-7-15)14-5-2-8-19-10-14/h2,5,8,10,13,15H,3-4,6-7,9,11-12H2,1H3/t13-/m1/s1. The number of aromatic nitrogens is 4. The normalized spacial score (nSPS) is 20.7. The molecule has 7 heteroatoms. The first-order chi connectivity index (χ1) is 12.2. The Bertz CT molecular complexity index is 743. The maximum Gasteiger partial charge on any atom is 0.233 e. The number of amides is 1. The largest absolute Gasteiger partial charge is 0.342 e. The van der Waals surface area contributed by atoms with E-state index < -0.39 is 0 Å². The fraction of sp³-hybridized carbons (Fsp3) is 0.556. The molecule has 1 amide bonds. The average molecular weight is 357 g/mol. The first kappa shape index (κ1) is 16.6. The first-order valence-electron chi connectivity index (χ1n) is 8.98. The maximum absolute atomic E-state index is 12.5. The number of likely N-dealkylation sites (tertiary alicyclic amines) is 1. The molecule has 0 N–H and O–H groups in total. The van der Waals surface area contributed by atoms with Gasteiger partial charge in [-0.3, -0.25) is 14.3 Å². The van der Waals surface area contributed by atoms with Crippen LogP contribution in [0, 0.1) is 5.92 Å². The minimum absolute atomic E-state index is 0.213. The van der Waals surface area contributed by atoms with Crippen LogP contribution in [-0.2, 0) is 4.79 Å². The number of rotatable bonds is 5. The second-order valence-corrected chi connectivity index (χ2v) is 7.97. The molecule has 1 aliphatic carbocycles. The van der Waals surface area contributed by atoms with Gasteiger partial charge >= 0.3 is 0 Å². The quantitative estimate of drug-likeness (QED) is 0.770. The summed E-state index contributed by atoms with van der Waals surface area (Å²) in [7, 11) is 0. The smallest absolute Gasteiger partial charge is 0.233 e. The summed E-state index contributed by atoms with van der Waals surface area (Å²) in [5.74, 6) is 2.11. The van der Waals surface area contributed by atoms with E-state index in [2.05, 4.69) is 26.7 Å². The summed E-state index contributed by atoms with van der Waals surface area (Å²) >= 11 is 1.51. The number of pyridine rings is 1. The number of piperidine rings is 1. The van der Waals surface area contributed by atoms with Crippen molar-refractivity contribution in [1.82, 2.24) is 24.6 Å². The predicted molar refractivity (Wildman–Crippen MR) is 97.2 cm³/mol. The Hall–Kier alpha value is -1.89. The van der Waals surface area contributed by atoms with Crippen LogP contribution in [0.25, 0.3) is 11.4 Å². The minimum Gasteiger partial charge on any atom is -0.342 e. The molecule has 2 aromatic heterocycles. The van der Waals surface area contributed by atoms with Crippen molar-refractivity contribution < 1.29 is 4.79 Å². The molecule has 0 radical (unpaired) electrons. The molecule has 2 fully saturated rings. The molecule has 0 unspecified atom stereocenters. The number of hydrogen-bond acceptors (Lipinski definition) is 5. The van der Waals surface area contributed by atoms with Gasteiger partial charge in [0.25, 0.3) is 0 Å². The number of carbonyl (C=O) groups is 1. The third-order valence-electron chi connectivity index (χ3n) is 4.83. The highest BCUT2D eigenvalue weighted by Crippen LogP contribution is 2.41. The van der Waals surface area contributed by atoms with Crippen molar-refractivity contribution in [3.8, 4) is 11.4 Å². The van der Waals surface area contributed by atoms with E-state index in [0.717, 1.165) is 48.9 Å². The number of nitrogens with zero attached hydrogens (tertiary/aromatic N) is 5. The molecule has 1 atom stereocenters. The SMILES string of the molecule is C[C@@H]1CCCN(C(=O)CSc2nnc(-c3cccnc3)n2C2CC2)C1. The van der Waals surface area contributed by atoms with Gasteiger partial charge in [0.2, 0.25) is 5.91 Å². The molecule has 0 aromatic carbocycles. The van der Waals surface area contributed by atoms with Gasteiger partial charge in [0.05, 0.1) is 5.75 Å². The van der Waals surface area contributed by atoms with Crippen LogP contribution in [0.5, 0.6) is 0 Å². The highest BCUT2D eigenvalue weighted by molar-refractivity contribution is 7.99. The number of thioether (sulfide) groups is 1. The Morgan fingerprint density at radius 1 is 1.32 bits per heavy atom. The predicted octanol–water partition coefficient (Wildman–Crippen LogP) is 3.03. The van der Waals surface area contributed by atoms with Crippen molar-refractivity contribution in [2.24, 2.45) is 5.92 Å². The van der Waals surface area contributed by atoms with Crippen molar-refractivity contribution in [1.29, 1.82) is 0 Å². The third kappa shape index (κ3) is 3.71. The zero-order valence-corrected chi connectivity index (χ0v) is 15.3. The van der Waals surface area contributed by atoms with Gasteiger partial charge in [-0.25, -0.2) is 0 Å². The molecule has 2 aromatic rings. The monoisotopic (exact) mass is 357 g/mol. The van der Waals surface area contributed by atoms with Gasteiger partial charge in [0.15, 0.2) is 11.0 Å². The second-order valence-electron chi connectivity index (χ2n) is 7.02. The van der Waals surface area contributed by atoms with Crippen LogP contribution in [0.3, 0.4) is 0 Å². The number of carbonyl (C=O) groups excluding carboxylic acids is 1. The Balaban J connectivity index is 1.48. The Labute approximate surface area is 152 Å². The lowest BCUT2D eigenvalue weighted by molar-refractivity contribution is -0.130. The lowest BCUT2D eigenvalue weighted by atomic mass is 10.0. The Kier molecular flexibility index (Phi) is 4.74. The molecule has 1 saturated heterocycles. The Morgan fingerprint density at radius 2 is 2.20 bits per heavy atom. The van der Waals surface area contributed by atoms with Gasteiger partial charge in [0, 0.05) is 37.1 Å². The van der Waals surface area contributed by atoms with Gasteiger partial charge in [-0.05, 0) is 43.7 Å². The van der Waals surface area contributed by atoms with E-state index in [1.807, 2.05) is 23.2 Å². The van der Waals surface area contributed by atoms with E-state index in [4.69, 9.17) is 0 Å². The topological polar surface area (TPSA) is 63.9 Å². The van der Waals surface area contributed by atoms with Gasteiger partial charge in [-0.1, -0.05) is 18.7 Å². The fourth-order valence-electron chi connectivity index (χ4n) is 3.36. The van der Waals surface area contributed by atoms with Crippen LogP contribution in [0.4, 0.5) is 0 Å². The van der Waals surface area contributed by atoms with Gasteiger partial charge in [0.1, 0.15) is 0 Å². The summed E-state index contributed by atoms with van der Waals surface area (Å²) in [4.78, 5) is 18.7. The Morgan fingerprint density at radius 3 is 2.92 bits per heavy atom. The van der Waals surface area contributed by atoms with Crippen molar-refractivity contribution >= 4 is 17.7 Å². The van der Waals surface area contributed by atoms with Gasteiger partial charge < -0.3 is 4.90 Å². The summed E-state index contributed by atoms with van der Waals surface area (Å²) in [6, 6.07) is 4.37. The molecular formula is C18H23N5OS. The van der Waals surface area contributed by atoms with E-state index in [9.17, 15) is 4.79 Å². The maximum atomic E-state index is 12.5. The van der Waals surface area contributed by atoms with E-state index in [0.29, 0.717) is 17.7 Å². The molecule has 2 aliphatic rings. The summed E-state index contributed by atoms with van der Waals surface area (Å²) in [5, 5.41) is 9.59. The van der Waals surface area contributed by atoms with Crippen molar-refractivity contribution in [2.75, 3.05) is 18.8 Å². The zero-order valence-electron chi connectivity index (χ0n) is 14.5. The zero-order chi connectivity index (χ0) is 17.2. The van der Waals surface area contributed by atoms with Crippen LogP contribution >= 0.6 is 11.8 Å². The molecule has 1 saturated carbocycles. The summed E-state index contributed by atoms with van der Waals surface area (Å²) < 4.78 is 2.19. The fourth-order valence-corrected chi connectivity index (χ4v) is 4.27. The van der Waals surface area contributed by atoms with E-state index in [1.165, 1.54) is 18.2 Å². The van der Waals surface area contributed by atoms with Gasteiger partial charge in [-0.2, -0.15) is 0 Å². The second kappa shape index (κ2) is 7.15. The summed E-state index contributed by atoms with van der Waals surface area (Å²) in [5.41, 5.74) is 0.977. The van der Waals surface area contributed by atoms with Crippen LogP contribution in [0.1, 0.15) is 38.6 Å². The van der Waals surface area contributed by atoms with Crippen LogP contribution in [-0.4, -0.2) is 49.4 Å². The van der Waals surface area contributed by atoms with Crippen molar-refractivity contribution in [3.63, 3.8) is 0 Å². The highest BCUT2D eigenvalue weighted by Gasteiger charge is 2.31. The van der Waals surface area contributed by atoms with E-state index in [1.54, 1.807) is 6.20 Å². The molecule has 1 aliphatic heterocycles. The van der Waals surface area contributed by atoms with Crippen molar-refractivity contribution in [2.45, 2.75) is 43.8 Å². The third-order valence-corrected chi connectivity index (χ3v) is 5.76. The lowest BCUT2D eigenvalue weighted by Crippen LogP contribution is -2.40. The number of hydrogen-bond donors (Lipinski definition) is 0. The van der Waals surface area contributed by atoms with Crippen molar-refractivity contribution in [3.05, 3.63) is 24.5 Å². The highest BCUT2D eigenvalue weighted by atomic mass is 32.2. The summed E-state index contributed by atoms with van der Waals surface area (Å²) in [6.07, 6.45) is 8.21. The van der Waals surface area contributed by atoms with Crippen LogP contribution in [0.2, 0.25) is 0 Å². The minimum atomic E-state index is 0.213. The molecule has 25 heavy (non-hydrogen) atoms. The molecule has 6 nitrogen and oxygen atoms in total. The lowest BCUT2D eigenvalue weighted by Gasteiger charge is -2.30. The average Bonchev–Trinajstić information content (AvgIpc) is 3.39. The molecule has 0 bridgehead atoms. The molecule has 4 rings (SSSR count). The van der Waals surface area contributed by atoms with E-state index in [-0.39, 0.29) is 5.91 Å². The molecule has 0 spiro atoms. The molecule has 3 heterocycles. The van der Waals surface area contributed by atoms with Gasteiger partial charge in [-0.15, -0.1) is 10.2 Å². The van der Waals surface area contributed by atoms with E-state index >= 15 is 0 Å². The summed E-state index contributed by atoms with van der Waals surface area (Å²) in [6.45, 7) is 3.99. The molecular weight excluding hydrogens is 334 g/mol. The first-order valence-corrected chi connectivity index (χ1v) is 9.97. The molecule has 132 valence electrons.